The lowest BCUT2D eigenvalue weighted by molar-refractivity contribution is 0.138. The van der Waals surface area contributed by atoms with Gasteiger partial charge in [-0.25, -0.2) is 4.79 Å². The molecule has 0 radical (unpaired) electrons. The molecule has 0 spiro atoms. The molecule has 2 saturated heterocycles. The van der Waals surface area contributed by atoms with Gasteiger partial charge in [0.1, 0.15) is 0 Å². The Morgan fingerprint density at radius 3 is 2.50 bits per heavy atom. The molecule has 28 heavy (non-hydrogen) atoms. The summed E-state index contributed by atoms with van der Waals surface area (Å²) >= 11 is 0. The number of piperidine rings is 1. The van der Waals surface area contributed by atoms with Gasteiger partial charge in [-0.1, -0.05) is 48.5 Å². The van der Waals surface area contributed by atoms with Gasteiger partial charge in [0.15, 0.2) is 0 Å². The number of H-pyrrole nitrogens is 1. The van der Waals surface area contributed by atoms with Crippen molar-refractivity contribution in [2.45, 2.75) is 50.1 Å². The van der Waals surface area contributed by atoms with Crippen molar-refractivity contribution in [1.82, 2.24) is 15.2 Å². The van der Waals surface area contributed by atoms with Crippen molar-refractivity contribution in [2.24, 2.45) is 0 Å². The smallest absolute Gasteiger partial charge is 0.317 e. The summed E-state index contributed by atoms with van der Waals surface area (Å²) in [5.74, 6) is 0.592. The van der Waals surface area contributed by atoms with Gasteiger partial charge in [0.25, 0.3) is 0 Å². The van der Waals surface area contributed by atoms with Crippen LogP contribution in [0.25, 0.3) is 10.9 Å². The van der Waals surface area contributed by atoms with Crippen LogP contribution in [0.15, 0.2) is 60.8 Å². The fraction of sp³-hybridized carbons (Fsp3) is 0.375. The van der Waals surface area contributed by atoms with E-state index < -0.39 is 0 Å². The lowest BCUT2D eigenvalue weighted by Gasteiger charge is -2.39. The van der Waals surface area contributed by atoms with Crippen LogP contribution < -0.4 is 5.32 Å². The number of benzene rings is 2. The molecule has 5 rings (SSSR count). The molecule has 2 bridgehead atoms. The minimum absolute atomic E-state index is 0.124. The summed E-state index contributed by atoms with van der Waals surface area (Å²) in [7, 11) is 0. The van der Waals surface area contributed by atoms with Crippen LogP contribution in [-0.4, -0.2) is 34.5 Å². The molecule has 2 N–H and O–H groups in total. The Hall–Kier alpha value is -2.75. The van der Waals surface area contributed by atoms with Gasteiger partial charge in [-0.3, -0.25) is 0 Å². The van der Waals surface area contributed by atoms with E-state index in [0.29, 0.717) is 24.5 Å². The Balaban J connectivity index is 1.20. The van der Waals surface area contributed by atoms with Crippen LogP contribution in [0.2, 0.25) is 0 Å². The summed E-state index contributed by atoms with van der Waals surface area (Å²) < 4.78 is 0. The number of carbonyl (C=O) groups excluding carboxylic acids is 1. The summed E-state index contributed by atoms with van der Waals surface area (Å²) in [5, 5.41) is 4.43. The highest BCUT2D eigenvalue weighted by molar-refractivity contribution is 5.83. The second-order valence-corrected chi connectivity index (χ2v) is 8.21. The second kappa shape index (κ2) is 7.34. The van der Waals surface area contributed by atoms with Gasteiger partial charge in [0, 0.05) is 35.7 Å². The number of para-hydroxylation sites is 1. The van der Waals surface area contributed by atoms with Crippen molar-refractivity contribution in [2.75, 3.05) is 6.54 Å². The van der Waals surface area contributed by atoms with E-state index in [1.54, 1.807) is 0 Å². The van der Waals surface area contributed by atoms with Gasteiger partial charge < -0.3 is 15.2 Å². The zero-order valence-corrected chi connectivity index (χ0v) is 16.1. The van der Waals surface area contributed by atoms with Crippen LogP contribution >= 0.6 is 0 Å². The first-order chi connectivity index (χ1) is 13.8. The van der Waals surface area contributed by atoms with Crippen molar-refractivity contribution in [3.8, 4) is 0 Å². The lowest BCUT2D eigenvalue weighted by Crippen LogP contribution is -2.50. The number of amides is 2. The predicted octanol–water partition coefficient (Wildman–Crippen LogP) is 4.83. The fourth-order valence-corrected chi connectivity index (χ4v) is 5.24. The molecule has 3 aromatic rings. The average Bonchev–Trinajstić information content (AvgIpc) is 3.26. The Bertz CT molecular complexity index is 950. The van der Waals surface area contributed by atoms with Crippen LogP contribution in [-0.2, 0) is 6.42 Å². The van der Waals surface area contributed by atoms with E-state index in [0.717, 1.165) is 37.6 Å². The number of rotatable bonds is 4. The minimum Gasteiger partial charge on any atom is -0.361 e. The van der Waals surface area contributed by atoms with Gasteiger partial charge in [0.2, 0.25) is 0 Å². The van der Waals surface area contributed by atoms with Crippen LogP contribution in [0, 0.1) is 0 Å². The number of fused-ring (bicyclic) bond motifs is 3. The molecule has 2 aliphatic rings. The molecule has 2 amide bonds. The zero-order valence-electron chi connectivity index (χ0n) is 16.1. The molecule has 3 atom stereocenters. The quantitative estimate of drug-likeness (QED) is 0.676. The van der Waals surface area contributed by atoms with Crippen molar-refractivity contribution in [1.29, 1.82) is 0 Å². The standard InChI is InChI=1S/C24H27N3O/c28-24(25-13-12-18-16-26-23-9-5-4-8-22(18)23)27-20-10-11-21(27)15-19(14-20)17-6-2-1-3-7-17/h1-9,16,19-21,26H,10-15H2,(H,25,28)/t19?,20-,21+. The van der Waals surface area contributed by atoms with E-state index in [4.69, 9.17) is 0 Å². The summed E-state index contributed by atoms with van der Waals surface area (Å²) in [6.07, 6.45) is 7.39. The molecule has 2 aromatic carbocycles. The Morgan fingerprint density at radius 2 is 1.71 bits per heavy atom. The van der Waals surface area contributed by atoms with Crippen molar-refractivity contribution in [3.05, 3.63) is 71.9 Å². The first-order valence-electron chi connectivity index (χ1n) is 10.5. The maximum atomic E-state index is 12.9. The van der Waals surface area contributed by atoms with E-state index in [2.05, 4.69) is 69.9 Å². The number of hydrogen-bond donors (Lipinski definition) is 2. The third-order valence-electron chi connectivity index (χ3n) is 6.58. The van der Waals surface area contributed by atoms with Crippen molar-refractivity contribution < 1.29 is 4.79 Å². The fourth-order valence-electron chi connectivity index (χ4n) is 5.24. The Labute approximate surface area is 165 Å². The van der Waals surface area contributed by atoms with Gasteiger partial charge in [-0.2, -0.15) is 0 Å². The van der Waals surface area contributed by atoms with Crippen LogP contribution in [0.5, 0.6) is 0 Å². The Morgan fingerprint density at radius 1 is 1.00 bits per heavy atom. The molecule has 0 aliphatic carbocycles. The largest absolute Gasteiger partial charge is 0.361 e. The molecule has 4 nitrogen and oxygen atoms in total. The number of urea groups is 1. The normalized spacial score (nSPS) is 23.9. The van der Waals surface area contributed by atoms with Gasteiger partial charge in [-0.15, -0.1) is 0 Å². The Kier molecular flexibility index (Phi) is 4.55. The average molecular weight is 374 g/mol. The predicted molar refractivity (Wildman–Crippen MR) is 112 cm³/mol. The molecule has 1 aromatic heterocycles. The summed E-state index contributed by atoms with van der Waals surface area (Å²) in [5.41, 5.74) is 3.85. The molecular formula is C24H27N3O. The molecule has 3 heterocycles. The third-order valence-corrected chi connectivity index (χ3v) is 6.58. The van der Waals surface area contributed by atoms with E-state index in [-0.39, 0.29) is 6.03 Å². The first-order valence-corrected chi connectivity index (χ1v) is 10.5. The highest BCUT2D eigenvalue weighted by atomic mass is 16.2. The van der Waals surface area contributed by atoms with E-state index in [9.17, 15) is 4.79 Å². The third kappa shape index (κ3) is 3.17. The summed E-state index contributed by atoms with van der Waals surface area (Å²) in [6.45, 7) is 0.679. The molecule has 0 saturated carbocycles. The maximum Gasteiger partial charge on any atom is 0.317 e. The highest BCUT2D eigenvalue weighted by Gasteiger charge is 2.43. The van der Waals surface area contributed by atoms with E-state index in [1.165, 1.54) is 16.5 Å². The summed E-state index contributed by atoms with van der Waals surface area (Å²) in [6, 6.07) is 20.0. The molecule has 4 heteroatoms. The van der Waals surface area contributed by atoms with Crippen molar-refractivity contribution >= 4 is 16.9 Å². The monoisotopic (exact) mass is 373 g/mol. The second-order valence-electron chi connectivity index (χ2n) is 8.21. The van der Waals surface area contributed by atoms with E-state index >= 15 is 0 Å². The lowest BCUT2D eigenvalue weighted by atomic mass is 9.85. The molecule has 2 fully saturated rings. The van der Waals surface area contributed by atoms with Gasteiger partial charge >= 0.3 is 6.03 Å². The first kappa shape index (κ1) is 17.4. The summed E-state index contributed by atoms with van der Waals surface area (Å²) in [4.78, 5) is 18.4. The van der Waals surface area contributed by atoms with E-state index in [1.807, 2.05) is 6.07 Å². The highest BCUT2D eigenvalue weighted by Crippen LogP contribution is 2.42. The molecular weight excluding hydrogens is 346 g/mol. The SMILES string of the molecule is O=C(NCCc1c[nH]c2ccccc12)N1[C@@H]2CC[C@H]1CC(c1ccccc1)C2. The van der Waals surface area contributed by atoms with Crippen LogP contribution in [0.1, 0.15) is 42.7 Å². The molecule has 144 valence electrons. The number of aromatic nitrogens is 1. The number of hydrogen-bond acceptors (Lipinski definition) is 1. The van der Waals surface area contributed by atoms with Gasteiger partial charge in [-0.05, 0) is 55.2 Å². The number of aromatic amines is 1. The zero-order chi connectivity index (χ0) is 18.9. The molecule has 1 unspecified atom stereocenters. The number of carbonyl (C=O) groups is 1. The number of nitrogens with zero attached hydrogens (tertiary/aromatic N) is 1. The topological polar surface area (TPSA) is 48.1 Å². The maximum absolute atomic E-state index is 12.9. The van der Waals surface area contributed by atoms with Gasteiger partial charge in [0.05, 0.1) is 0 Å². The van der Waals surface area contributed by atoms with Crippen LogP contribution in [0.3, 0.4) is 0 Å². The van der Waals surface area contributed by atoms with Crippen molar-refractivity contribution in [3.63, 3.8) is 0 Å². The van der Waals surface area contributed by atoms with Crippen LogP contribution in [0.4, 0.5) is 4.79 Å². The number of nitrogens with one attached hydrogen (secondary N) is 2. The molecule has 2 aliphatic heterocycles. The minimum atomic E-state index is 0.124.